The molecule has 0 saturated heterocycles. The number of carbonyl (C=O) groups excluding carboxylic acids is 1. The fourth-order valence-corrected chi connectivity index (χ4v) is 3.59. The zero-order valence-corrected chi connectivity index (χ0v) is 15.8. The first-order valence-electron chi connectivity index (χ1n) is 8.57. The molecule has 1 amide bonds. The number of fused-ring (bicyclic) bond motifs is 1. The van der Waals surface area contributed by atoms with Gasteiger partial charge in [0.1, 0.15) is 5.69 Å². The summed E-state index contributed by atoms with van der Waals surface area (Å²) >= 11 is 12.1. The molecular weight excluding hydrogens is 383 g/mol. The molecule has 0 aliphatic carbocycles. The number of carbonyl (C=O) groups is 1. The zero-order valence-electron chi connectivity index (χ0n) is 14.3. The van der Waals surface area contributed by atoms with Crippen LogP contribution >= 0.6 is 23.2 Å². The summed E-state index contributed by atoms with van der Waals surface area (Å²) in [6.45, 7) is 0.672. The Hall–Kier alpha value is -2.63. The van der Waals surface area contributed by atoms with Crippen LogP contribution in [0.25, 0.3) is 0 Å². The maximum Gasteiger partial charge on any atom is 0.277 e. The van der Waals surface area contributed by atoms with Crippen molar-refractivity contribution in [1.82, 2.24) is 9.97 Å². The number of halogens is 2. The Kier molecular flexibility index (Phi) is 4.97. The van der Waals surface area contributed by atoms with Crippen molar-refractivity contribution in [3.63, 3.8) is 0 Å². The summed E-state index contributed by atoms with van der Waals surface area (Å²) in [6, 6.07) is 14.7. The van der Waals surface area contributed by atoms with Gasteiger partial charge >= 0.3 is 0 Å². The van der Waals surface area contributed by atoms with Crippen LogP contribution in [-0.4, -0.2) is 22.4 Å². The molecule has 0 unspecified atom stereocenters. The summed E-state index contributed by atoms with van der Waals surface area (Å²) in [5.74, 6) is 0.158. The molecule has 2 aromatic carbocycles. The Morgan fingerprint density at radius 1 is 1.11 bits per heavy atom. The van der Waals surface area contributed by atoms with Crippen molar-refractivity contribution in [2.75, 3.05) is 16.8 Å². The SMILES string of the molecule is O=C(c1ccnc(Nc2ccc(Cl)cc2Cl)n1)N1CCCc2ccccc21. The summed E-state index contributed by atoms with van der Waals surface area (Å²) in [6.07, 6.45) is 3.47. The second-order valence-corrected chi connectivity index (χ2v) is 7.05. The van der Waals surface area contributed by atoms with Gasteiger partial charge in [0.2, 0.25) is 5.95 Å². The molecule has 0 fully saturated rings. The average molecular weight is 399 g/mol. The van der Waals surface area contributed by atoms with Crippen LogP contribution in [-0.2, 0) is 6.42 Å². The van der Waals surface area contributed by atoms with Crippen molar-refractivity contribution in [3.05, 3.63) is 76.0 Å². The number of rotatable bonds is 3. The van der Waals surface area contributed by atoms with Gasteiger partial charge in [-0.25, -0.2) is 9.97 Å². The van der Waals surface area contributed by atoms with E-state index in [0.717, 1.165) is 18.5 Å². The highest BCUT2D eigenvalue weighted by atomic mass is 35.5. The minimum Gasteiger partial charge on any atom is -0.323 e. The van der Waals surface area contributed by atoms with Crippen molar-refractivity contribution in [2.24, 2.45) is 0 Å². The third-order valence-electron chi connectivity index (χ3n) is 4.41. The molecule has 1 N–H and O–H groups in total. The van der Waals surface area contributed by atoms with Gasteiger partial charge in [-0.05, 0) is 48.7 Å². The standard InChI is InChI=1S/C20H16Cl2N4O/c21-14-7-8-16(15(22)12-14)24-20-23-10-9-17(25-20)19(27)26-11-3-5-13-4-1-2-6-18(13)26/h1-2,4,6-10,12H,3,5,11H2,(H,23,24,25). The van der Waals surface area contributed by atoms with Crippen LogP contribution in [0.2, 0.25) is 10.0 Å². The van der Waals surface area contributed by atoms with Crippen molar-refractivity contribution in [2.45, 2.75) is 12.8 Å². The maximum absolute atomic E-state index is 13.0. The molecule has 0 saturated carbocycles. The summed E-state index contributed by atoms with van der Waals surface area (Å²) in [4.78, 5) is 23.4. The lowest BCUT2D eigenvalue weighted by atomic mass is 10.0. The van der Waals surface area contributed by atoms with Gasteiger partial charge in [-0.2, -0.15) is 0 Å². The van der Waals surface area contributed by atoms with Crippen molar-refractivity contribution in [1.29, 1.82) is 0 Å². The summed E-state index contributed by atoms with van der Waals surface area (Å²) < 4.78 is 0. The van der Waals surface area contributed by atoms with Gasteiger partial charge in [0, 0.05) is 23.5 Å². The van der Waals surface area contributed by atoms with Gasteiger partial charge in [-0.3, -0.25) is 4.79 Å². The Balaban J connectivity index is 1.60. The number of aromatic nitrogens is 2. The first-order valence-corrected chi connectivity index (χ1v) is 9.32. The lowest BCUT2D eigenvalue weighted by molar-refractivity contribution is 0.0980. The van der Waals surface area contributed by atoms with Crippen molar-refractivity contribution >= 4 is 46.4 Å². The van der Waals surface area contributed by atoms with Crippen LogP contribution in [0.15, 0.2) is 54.7 Å². The average Bonchev–Trinajstić information content (AvgIpc) is 2.69. The van der Waals surface area contributed by atoms with Gasteiger partial charge in [-0.1, -0.05) is 41.4 Å². The van der Waals surface area contributed by atoms with Gasteiger partial charge in [0.25, 0.3) is 5.91 Å². The number of para-hydroxylation sites is 1. The minimum atomic E-state index is -0.144. The van der Waals surface area contributed by atoms with E-state index in [4.69, 9.17) is 23.2 Å². The number of nitrogens with zero attached hydrogens (tertiary/aromatic N) is 3. The van der Waals surface area contributed by atoms with E-state index in [1.54, 1.807) is 35.4 Å². The quantitative estimate of drug-likeness (QED) is 0.664. The van der Waals surface area contributed by atoms with E-state index in [1.807, 2.05) is 18.2 Å². The monoisotopic (exact) mass is 398 g/mol. The second-order valence-electron chi connectivity index (χ2n) is 6.20. The van der Waals surface area contributed by atoms with Crippen LogP contribution in [0.5, 0.6) is 0 Å². The molecule has 1 aliphatic heterocycles. The topological polar surface area (TPSA) is 58.1 Å². The molecule has 0 atom stereocenters. The second kappa shape index (κ2) is 7.55. The normalized spacial score (nSPS) is 13.2. The lowest BCUT2D eigenvalue weighted by Crippen LogP contribution is -2.36. The highest BCUT2D eigenvalue weighted by Gasteiger charge is 2.24. The number of hydrogen-bond acceptors (Lipinski definition) is 4. The van der Waals surface area contributed by atoms with Crippen LogP contribution in [0, 0.1) is 0 Å². The Bertz CT molecular complexity index is 1010. The molecule has 136 valence electrons. The highest BCUT2D eigenvalue weighted by molar-refractivity contribution is 6.36. The Morgan fingerprint density at radius 2 is 1.96 bits per heavy atom. The smallest absolute Gasteiger partial charge is 0.277 e. The van der Waals surface area contributed by atoms with Gasteiger partial charge in [0.15, 0.2) is 0 Å². The van der Waals surface area contributed by atoms with Gasteiger partial charge in [0.05, 0.1) is 10.7 Å². The highest BCUT2D eigenvalue weighted by Crippen LogP contribution is 2.29. The minimum absolute atomic E-state index is 0.144. The van der Waals surface area contributed by atoms with E-state index in [1.165, 1.54) is 5.56 Å². The number of anilines is 3. The number of benzene rings is 2. The molecule has 27 heavy (non-hydrogen) atoms. The number of nitrogens with one attached hydrogen (secondary N) is 1. The molecule has 4 rings (SSSR count). The fraction of sp³-hybridized carbons (Fsp3) is 0.150. The lowest BCUT2D eigenvalue weighted by Gasteiger charge is -2.29. The molecule has 1 aliphatic rings. The zero-order chi connectivity index (χ0) is 18.8. The maximum atomic E-state index is 13.0. The number of amides is 1. The van der Waals surface area contributed by atoms with Gasteiger partial charge in [-0.15, -0.1) is 0 Å². The van der Waals surface area contributed by atoms with Crippen LogP contribution < -0.4 is 10.2 Å². The van der Waals surface area contributed by atoms with Crippen molar-refractivity contribution in [3.8, 4) is 0 Å². The van der Waals surface area contributed by atoms with Crippen LogP contribution in [0.3, 0.4) is 0 Å². The van der Waals surface area contributed by atoms with E-state index in [9.17, 15) is 4.79 Å². The molecule has 3 aromatic rings. The summed E-state index contributed by atoms with van der Waals surface area (Å²) in [5, 5.41) is 4.03. The summed E-state index contributed by atoms with van der Waals surface area (Å²) in [5.41, 5.74) is 3.07. The molecular formula is C20H16Cl2N4O. The predicted octanol–water partition coefficient (Wildman–Crippen LogP) is 5.12. The predicted molar refractivity (Wildman–Crippen MR) is 108 cm³/mol. The molecule has 0 spiro atoms. The first kappa shape index (κ1) is 17.8. The third kappa shape index (κ3) is 3.75. The van der Waals surface area contributed by atoms with Crippen LogP contribution in [0.1, 0.15) is 22.5 Å². The molecule has 1 aromatic heterocycles. The van der Waals surface area contributed by atoms with E-state index in [-0.39, 0.29) is 5.91 Å². The number of hydrogen-bond donors (Lipinski definition) is 1. The number of aryl methyl sites for hydroxylation is 1. The van der Waals surface area contributed by atoms with Crippen molar-refractivity contribution < 1.29 is 4.79 Å². The molecule has 5 nitrogen and oxygen atoms in total. The fourth-order valence-electron chi connectivity index (χ4n) is 3.13. The first-order chi connectivity index (χ1) is 13.1. The van der Waals surface area contributed by atoms with E-state index < -0.39 is 0 Å². The van der Waals surface area contributed by atoms with Gasteiger partial charge < -0.3 is 10.2 Å². The van der Waals surface area contributed by atoms with E-state index in [0.29, 0.717) is 33.9 Å². The molecule has 0 bridgehead atoms. The molecule has 2 heterocycles. The van der Waals surface area contributed by atoms with E-state index >= 15 is 0 Å². The Labute approximate surface area is 167 Å². The summed E-state index contributed by atoms with van der Waals surface area (Å²) in [7, 11) is 0. The third-order valence-corrected chi connectivity index (χ3v) is 4.96. The molecule has 7 heteroatoms. The van der Waals surface area contributed by atoms with E-state index in [2.05, 4.69) is 21.4 Å². The Morgan fingerprint density at radius 3 is 2.81 bits per heavy atom. The van der Waals surface area contributed by atoms with Crippen LogP contribution in [0.4, 0.5) is 17.3 Å². The molecule has 0 radical (unpaired) electrons. The largest absolute Gasteiger partial charge is 0.323 e.